The van der Waals surface area contributed by atoms with Crippen molar-refractivity contribution in [2.24, 2.45) is 23.7 Å². The van der Waals surface area contributed by atoms with Crippen LogP contribution in [0.15, 0.2) is 11.6 Å². The van der Waals surface area contributed by atoms with E-state index in [0.29, 0.717) is 18.4 Å². The Hall–Kier alpha value is -1.97. The molecule has 0 radical (unpaired) electrons. The maximum absolute atomic E-state index is 12.4. The summed E-state index contributed by atoms with van der Waals surface area (Å²) >= 11 is 0. The van der Waals surface area contributed by atoms with E-state index in [1.165, 1.54) is 20.8 Å². The van der Waals surface area contributed by atoms with Crippen LogP contribution >= 0.6 is 0 Å². The molecule has 9 heteroatoms. The highest BCUT2D eigenvalue weighted by atomic mass is 16.7. The smallest absolute Gasteiger partial charge is 0.303 e. The first kappa shape index (κ1) is 26.1. The van der Waals surface area contributed by atoms with Gasteiger partial charge in [-0.15, -0.1) is 0 Å². The van der Waals surface area contributed by atoms with Crippen molar-refractivity contribution >= 4 is 17.9 Å². The van der Waals surface area contributed by atoms with Crippen molar-refractivity contribution in [3.05, 3.63) is 11.6 Å². The minimum atomic E-state index is -1.40. The van der Waals surface area contributed by atoms with Gasteiger partial charge in [-0.25, -0.2) is 0 Å². The summed E-state index contributed by atoms with van der Waals surface area (Å²) < 4.78 is 30.6. The molecule has 1 N–H and O–H groups in total. The lowest BCUT2D eigenvalue weighted by Gasteiger charge is -2.55. The largest absolute Gasteiger partial charge is 0.458 e. The predicted molar refractivity (Wildman–Crippen MR) is 123 cm³/mol. The molecule has 4 bridgehead atoms. The lowest BCUT2D eigenvalue weighted by atomic mass is 9.55. The van der Waals surface area contributed by atoms with Gasteiger partial charge in [-0.2, -0.15) is 0 Å². The first-order valence-corrected chi connectivity index (χ1v) is 12.4. The van der Waals surface area contributed by atoms with E-state index in [9.17, 15) is 19.5 Å². The summed E-state index contributed by atoms with van der Waals surface area (Å²) in [5, 5.41) is 11.3. The van der Waals surface area contributed by atoms with Gasteiger partial charge in [0, 0.05) is 44.9 Å². The summed E-state index contributed by atoms with van der Waals surface area (Å²) in [5.41, 5.74) is -1.56. The zero-order valence-electron chi connectivity index (χ0n) is 21.8. The van der Waals surface area contributed by atoms with E-state index < -0.39 is 65.2 Å². The van der Waals surface area contributed by atoms with Crippen molar-refractivity contribution in [3.63, 3.8) is 0 Å². The number of hydrogen-bond donors (Lipinski definition) is 1. The minimum absolute atomic E-state index is 0.00801. The van der Waals surface area contributed by atoms with Crippen LogP contribution in [0, 0.1) is 23.7 Å². The van der Waals surface area contributed by atoms with Crippen molar-refractivity contribution in [3.8, 4) is 0 Å². The molecule has 4 aliphatic rings. The maximum atomic E-state index is 12.4. The van der Waals surface area contributed by atoms with Gasteiger partial charge in [0.05, 0.1) is 17.8 Å². The zero-order valence-corrected chi connectivity index (χ0v) is 21.8. The number of rotatable bonds is 4. The molecule has 0 aromatic rings. The van der Waals surface area contributed by atoms with Gasteiger partial charge in [-0.05, 0) is 38.7 Å². The van der Waals surface area contributed by atoms with Crippen LogP contribution in [0.3, 0.4) is 0 Å². The molecule has 1 aliphatic carbocycles. The van der Waals surface area contributed by atoms with Crippen molar-refractivity contribution in [1.29, 1.82) is 0 Å². The number of fused-ring (bicyclic) bond motifs is 8. The van der Waals surface area contributed by atoms with Crippen molar-refractivity contribution < 1.29 is 43.2 Å². The number of ether oxygens (including phenoxy) is 5. The fourth-order valence-electron chi connectivity index (χ4n) is 7.25. The van der Waals surface area contributed by atoms with Crippen molar-refractivity contribution in [2.75, 3.05) is 0 Å². The number of esters is 3. The Kier molecular flexibility index (Phi) is 6.38. The van der Waals surface area contributed by atoms with Crippen LogP contribution < -0.4 is 0 Å². The summed E-state index contributed by atoms with van der Waals surface area (Å²) in [5.74, 6) is -4.08. The minimum Gasteiger partial charge on any atom is -0.458 e. The number of aliphatic hydroxyl groups is 1. The second kappa shape index (κ2) is 8.56. The molecular formula is C26H38O9. The summed E-state index contributed by atoms with van der Waals surface area (Å²) in [6.45, 7) is 13.4. The van der Waals surface area contributed by atoms with E-state index in [4.69, 9.17) is 23.7 Å². The lowest BCUT2D eigenvalue weighted by Crippen LogP contribution is -2.68. The van der Waals surface area contributed by atoms with Crippen LogP contribution in [0.4, 0.5) is 0 Å². The molecular weight excluding hydrogens is 456 g/mol. The van der Waals surface area contributed by atoms with Gasteiger partial charge in [0.1, 0.15) is 6.10 Å². The topological polar surface area (TPSA) is 118 Å². The first-order chi connectivity index (χ1) is 16.1. The highest BCUT2D eigenvalue weighted by molar-refractivity contribution is 5.69. The fraction of sp³-hybridized carbons (Fsp3) is 0.808. The van der Waals surface area contributed by atoms with Gasteiger partial charge in [0.15, 0.2) is 17.5 Å². The van der Waals surface area contributed by atoms with Crippen LogP contribution in [0.5, 0.6) is 0 Å². The normalized spacial score (nSPS) is 47.7. The molecule has 0 spiro atoms. The average molecular weight is 495 g/mol. The van der Waals surface area contributed by atoms with Gasteiger partial charge in [0.25, 0.3) is 0 Å². The van der Waals surface area contributed by atoms with Crippen LogP contribution in [-0.2, 0) is 38.1 Å². The molecule has 1 saturated carbocycles. The van der Waals surface area contributed by atoms with Crippen molar-refractivity contribution in [2.45, 2.75) is 110 Å². The third-order valence-corrected chi connectivity index (χ3v) is 8.49. The number of carbonyl (C=O) groups excluding carboxylic acids is 3. The molecule has 3 heterocycles. The van der Waals surface area contributed by atoms with E-state index in [0.717, 1.165) is 0 Å². The van der Waals surface area contributed by atoms with Gasteiger partial charge >= 0.3 is 17.9 Å². The molecule has 0 unspecified atom stereocenters. The molecule has 10 atom stereocenters. The Morgan fingerprint density at radius 2 is 1.69 bits per heavy atom. The van der Waals surface area contributed by atoms with Crippen LogP contribution in [-0.4, -0.2) is 64.4 Å². The Morgan fingerprint density at radius 3 is 2.23 bits per heavy atom. The predicted octanol–water partition coefficient (Wildman–Crippen LogP) is 2.67. The second-order valence-electron chi connectivity index (χ2n) is 11.4. The highest BCUT2D eigenvalue weighted by Crippen LogP contribution is 2.61. The summed E-state index contributed by atoms with van der Waals surface area (Å²) in [6, 6.07) is 0. The van der Waals surface area contributed by atoms with E-state index in [1.54, 1.807) is 13.8 Å². The molecule has 3 aliphatic heterocycles. The first-order valence-electron chi connectivity index (χ1n) is 12.4. The third-order valence-electron chi connectivity index (χ3n) is 8.49. The third kappa shape index (κ3) is 4.09. The van der Waals surface area contributed by atoms with Gasteiger partial charge in [0.2, 0.25) is 0 Å². The summed E-state index contributed by atoms with van der Waals surface area (Å²) in [4.78, 5) is 37.0. The van der Waals surface area contributed by atoms with Crippen molar-refractivity contribution in [1.82, 2.24) is 0 Å². The van der Waals surface area contributed by atoms with E-state index in [1.807, 2.05) is 26.8 Å². The summed E-state index contributed by atoms with van der Waals surface area (Å²) in [6.07, 6.45) is -0.0906. The van der Waals surface area contributed by atoms with Crippen LogP contribution in [0.2, 0.25) is 0 Å². The molecule has 196 valence electrons. The Morgan fingerprint density at radius 1 is 1.06 bits per heavy atom. The second-order valence-corrected chi connectivity index (χ2v) is 11.4. The molecule has 35 heavy (non-hydrogen) atoms. The summed E-state index contributed by atoms with van der Waals surface area (Å²) in [7, 11) is 0. The average Bonchev–Trinajstić information content (AvgIpc) is 3.24. The molecule has 3 fully saturated rings. The van der Waals surface area contributed by atoms with Gasteiger partial charge in [-0.1, -0.05) is 19.9 Å². The van der Waals surface area contributed by atoms with E-state index in [2.05, 4.69) is 0 Å². The Balaban J connectivity index is 1.97. The highest BCUT2D eigenvalue weighted by Gasteiger charge is 2.72. The molecule has 0 amide bonds. The quantitative estimate of drug-likeness (QED) is 0.357. The molecule has 0 aromatic carbocycles. The van der Waals surface area contributed by atoms with E-state index in [-0.39, 0.29) is 17.8 Å². The molecule has 9 nitrogen and oxygen atoms in total. The number of carbonyl (C=O) groups is 3. The van der Waals surface area contributed by atoms with E-state index >= 15 is 0 Å². The monoisotopic (exact) mass is 494 g/mol. The fourth-order valence-corrected chi connectivity index (χ4v) is 7.25. The SMILES string of the molecule is CC(=O)O[C@@H]1[C@@H](C(C)C)[C@H]2[C@H]([C@@H]3/C=C(/C)[C@@]4(O)CC[C@](C)(O4)[C@H]2O3)[C@@](C)(OC(C)=O)[C@@H]1OC(C)=O. The number of hydrogen-bond acceptors (Lipinski definition) is 9. The maximum Gasteiger partial charge on any atom is 0.303 e. The van der Waals surface area contributed by atoms with Crippen LogP contribution in [0.1, 0.15) is 68.2 Å². The molecule has 4 rings (SSSR count). The van der Waals surface area contributed by atoms with Gasteiger partial charge < -0.3 is 28.8 Å². The van der Waals surface area contributed by atoms with Crippen LogP contribution in [0.25, 0.3) is 0 Å². The standard InChI is InChI=1S/C26H38O9/c1-12(2)18-19-20(17-11-13(3)26(30)10-9-24(7,35-26)22(19)33-17)25(8,34-16(6)29)23(32-15(5)28)21(18)31-14(4)27/h11-12,17-23,30H,9-10H2,1-8H3/b13-11-/t17-,18-,19-,20-,21+,22-,23+,24-,25+,26+/m0/s1. The molecule has 0 aromatic heterocycles. The Labute approximate surface area is 206 Å². The Bertz CT molecular complexity index is 943. The molecule has 2 saturated heterocycles. The van der Waals surface area contributed by atoms with Gasteiger partial charge in [-0.3, -0.25) is 14.4 Å². The zero-order chi connectivity index (χ0) is 26.1. The lowest BCUT2D eigenvalue weighted by molar-refractivity contribution is -0.253.